The number of rotatable bonds is 4. The van der Waals surface area contributed by atoms with Crippen LogP contribution in [0.3, 0.4) is 0 Å². The molecule has 0 saturated heterocycles. The van der Waals surface area contributed by atoms with E-state index < -0.39 is 6.10 Å². The molecule has 0 aromatic heterocycles. The van der Waals surface area contributed by atoms with Crippen molar-refractivity contribution in [2.75, 3.05) is 11.9 Å². The van der Waals surface area contributed by atoms with Crippen molar-refractivity contribution in [2.24, 2.45) is 0 Å². The lowest BCUT2D eigenvalue weighted by Crippen LogP contribution is -2.28. The molecule has 0 fully saturated rings. The molecule has 0 aliphatic rings. The van der Waals surface area contributed by atoms with Crippen LogP contribution in [0.2, 0.25) is 0 Å². The van der Waals surface area contributed by atoms with E-state index in [0.29, 0.717) is 0 Å². The second-order valence-electron chi connectivity index (χ2n) is 2.86. The monoisotopic (exact) mass is 257 g/mol. The van der Waals surface area contributed by atoms with Gasteiger partial charge in [0, 0.05) is 6.54 Å². The molecule has 0 bridgehead atoms. The maximum Gasteiger partial charge on any atom is 0.230 e. The van der Waals surface area contributed by atoms with Gasteiger partial charge in [-0.1, -0.05) is 46.3 Å². The summed E-state index contributed by atoms with van der Waals surface area (Å²) in [6.07, 6.45) is -0.640. The Morgan fingerprint density at radius 2 is 2.07 bits per heavy atom. The van der Waals surface area contributed by atoms with Gasteiger partial charge < -0.3 is 10.4 Å². The number of aliphatic hydroxyl groups excluding tert-OH is 1. The summed E-state index contributed by atoms with van der Waals surface area (Å²) in [5.74, 6) is -0.125. The van der Waals surface area contributed by atoms with E-state index >= 15 is 0 Å². The van der Waals surface area contributed by atoms with Gasteiger partial charge in [-0.2, -0.15) is 0 Å². The van der Waals surface area contributed by atoms with Gasteiger partial charge in [0.05, 0.1) is 11.4 Å². The van der Waals surface area contributed by atoms with Crippen LogP contribution >= 0.6 is 15.9 Å². The van der Waals surface area contributed by atoms with Gasteiger partial charge in [-0.25, -0.2) is 0 Å². The predicted octanol–water partition coefficient (Wildman–Crippen LogP) is 1.23. The third-order valence-electron chi connectivity index (χ3n) is 1.80. The third kappa shape index (κ3) is 3.47. The Labute approximate surface area is 91.3 Å². The molecule has 0 spiro atoms. The highest BCUT2D eigenvalue weighted by Gasteiger charge is 2.07. The molecule has 14 heavy (non-hydrogen) atoms. The molecule has 0 saturated carbocycles. The molecule has 1 aromatic carbocycles. The third-order valence-corrected chi connectivity index (χ3v) is 2.31. The molecule has 0 radical (unpaired) electrons. The second kappa shape index (κ2) is 5.78. The van der Waals surface area contributed by atoms with Crippen LogP contribution in [0.5, 0.6) is 0 Å². The van der Waals surface area contributed by atoms with Gasteiger partial charge in [0.25, 0.3) is 0 Å². The number of amides is 1. The first-order valence-corrected chi connectivity index (χ1v) is 5.42. The largest absolute Gasteiger partial charge is 0.387 e. The van der Waals surface area contributed by atoms with Crippen molar-refractivity contribution in [2.45, 2.75) is 6.10 Å². The quantitative estimate of drug-likeness (QED) is 0.798. The Kier molecular flexibility index (Phi) is 4.62. The highest BCUT2D eigenvalue weighted by atomic mass is 79.9. The fourth-order valence-electron chi connectivity index (χ4n) is 1.05. The average molecular weight is 258 g/mol. The summed E-state index contributed by atoms with van der Waals surface area (Å²) in [6.45, 7) is 0.244. The van der Waals surface area contributed by atoms with Crippen LogP contribution < -0.4 is 5.32 Å². The summed E-state index contributed by atoms with van der Waals surface area (Å²) in [5.41, 5.74) is 0.808. The summed E-state index contributed by atoms with van der Waals surface area (Å²) >= 11 is 3.03. The summed E-state index contributed by atoms with van der Waals surface area (Å²) in [5, 5.41) is 12.5. The first kappa shape index (κ1) is 11.2. The van der Waals surface area contributed by atoms with E-state index in [0.717, 1.165) is 5.56 Å². The summed E-state index contributed by atoms with van der Waals surface area (Å²) in [7, 11) is 0. The van der Waals surface area contributed by atoms with E-state index in [9.17, 15) is 9.90 Å². The number of aliphatic hydroxyl groups is 1. The summed E-state index contributed by atoms with van der Waals surface area (Å²) in [4.78, 5) is 10.9. The van der Waals surface area contributed by atoms with E-state index in [1.165, 1.54) is 0 Å². The van der Waals surface area contributed by atoms with Crippen molar-refractivity contribution >= 4 is 21.8 Å². The van der Waals surface area contributed by atoms with Crippen molar-refractivity contribution in [3.8, 4) is 0 Å². The molecule has 2 N–H and O–H groups in total. The molecule has 0 aliphatic heterocycles. The SMILES string of the molecule is O=C(CBr)NC[C@@H](O)c1ccccc1. The van der Waals surface area contributed by atoms with E-state index in [1.54, 1.807) is 0 Å². The van der Waals surface area contributed by atoms with Gasteiger partial charge in [-0.05, 0) is 5.56 Å². The molecule has 0 unspecified atom stereocenters. The van der Waals surface area contributed by atoms with Crippen LogP contribution in [0.25, 0.3) is 0 Å². The summed E-state index contributed by atoms with van der Waals surface area (Å²) < 4.78 is 0. The standard InChI is InChI=1S/C10H12BrNO2/c11-6-10(14)12-7-9(13)8-4-2-1-3-5-8/h1-5,9,13H,6-7H2,(H,12,14)/t9-/m1/s1. The predicted molar refractivity (Wildman–Crippen MR) is 58.2 cm³/mol. The Hall–Kier alpha value is -0.870. The number of carbonyl (C=O) groups excluding carboxylic acids is 1. The molecular formula is C10H12BrNO2. The first-order chi connectivity index (χ1) is 6.74. The zero-order valence-corrected chi connectivity index (χ0v) is 9.20. The molecule has 0 heterocycles. The van der Waals surface area contributed by atoms with Gasteiger partial charge >= 0.3 is 0 Å². The lowest BCUT2D eigenvalue weighted by Gasteiger charge is -2.11. The number of benzene rings is 1. The maximum atomic E-state index is 10.9. The van der Waals surface area contributed by atoms with Crippen LogP contribution in [0, 0.1) is 0 Å². The zero-order valence-electron chi connectivity index (χ0n) is 7.61. The minimum Gasteiger partial charge on any atom is -0.387 e. The van der Waals surface area contributed by atoms with Crippen molar-refractivity contribution < 1.29 is 9.90 Å². The normalized spacial score (nSPS) is 12.1. The van der Waals surface area contributed by atoms with Crippen molar-refractivity contribution in [1.29, 1.82) is 0 Å². The van der Waals surface area contributed by atoms with Gasteiger partial charge in [0.2, 0.25) is 5.91 Å². The Morgan fingerprint density at radius 1 is 1.43 bits per heavy atom. The minimum absolute atomic E-state index is 0.125. The van der Waals surface area contributed by atoms with Crippen LogP contribution in [0.1, 0.15) is 11.7 Å². The Balaban J connectivity index is 2.43. The molecule has 1 atom stereocenters. The molecule has 1 amide bonds. The number of alkyl halides is 1. The highest BCUT2D eigenvalue weighted by Crippen LogP contribution is 2.10. The molecule has 4 heteroatoms. The van der Waals surface area contributed by atoms with Gasteiger partial charge in [0.15, 0.2) is 0 Å². The van der Waals surface area contributed by atoms with Crippen molar-refractivity contribution in [3.05, 3.63) is 35.9 Å². The van der Waals surface area contributed by atoms with E-state index in [2.05, 4.69) is 21.2 Å². The number of nitrogens with one attached hydrogen (secondary N) is 1. The van der Waals surface area contributed by atoms with Gasteiger partial charge in [-0.3, -0.25) is 4.79 Å². The number of hydrogen-bond donors (Lipinski definition) is 2. The summed E-state index contributed by atoms with van der Waals surface area (Å²) in [6, 6.07) is 9.24. The molecule has 0 aliphatic carbocycles. The topological polar surface area (TPSA) is 49.3 Å². The van der Waals surface area contributed by atoms with Crippen molar-refractivity contribution in [1.82, 2.24) is 5.32 Å². The van der Waals surface area contributed by atoms with Gasteiger partial charge in [0.1, 0.15) is 0 Å². The second-order valence-corrected chi connectivity index (χ2v) is 3.42. The van der Waals surface area contributed by atoms with Crippen molar-refractivity contribution in [3.63, 3.8) is 0 Å². The van der Waals surface area contributed by atoms with E-state index in [-0.39, 0.29) is 17.8 Å². The number of hydrogen-bond acceptors (Lipinski definition) is 2. The van der Waals surface area contributed by atoms with E-state index in [4.69, 9.17) is 0 Å². The molecule has 76 valence electrons. The molecule has 1 rings (SSSR count). The fourth-order valence-corrected chi connectivity index (χ4v) is 1.25. The number of halogens is 1. The van der Waals surface area contributed by atoms with E-state index in [1.807, 2.05) is 30.3 Å². The minimum atomic E-state index is -0.640. The first-order valence-electron chi connectivity index (χ1n) is 4.29. The fraction of sp³-hybridized carbons (Fsp3) is 0.300. The zero-order chi connectivity index (χ0) is 10.4. The smallest absolute Gasteiger partial charge is 0.230 e. The van der Waals surface area contributed by atoms with Crippen LogP contribution in [-0.2, 0) is 4.79 Å². The molecule has 1 aromatic rings. The van der Waals surface area contributed by atoms with Crippen LogP contribution in [0.4, 0.5) is 0 Å². The lowest BCUT2D eigenvalue weighted by molar-refractivity contribution is -0.118. The molecular weight excluding hydrogens is 246 g/mol. The van der Waals surface area contributed by atoms with Gasteiger partial charge in [-0.15, -0.1) is 0 Å². The Morgan fingerprint density at radius 3 is 2.64 bits per heavy atom. The molecule has 3 nitrogen and oxygen atoms in total. The Bertz CT molecular complexity index is 289. The number of carbonyl (C=O) groups is 1. The van der Waals surface area contributed by atoms with Crippen LogP contribution in [0.15, 0.2) is 30.3 Å². The highest BCUT2D eigenvalue weighted by molar-refractivity contribution is 9.09. The maximum absolute atomic E-state index is 10.9. The average Bonchev–Trinajstić information content (AvgIpc) is 2.26. The van der Waals surface area contributed by atoms with Crippen LogP contribution in [-0.4, -0.2) is 22.9 Å². The lowest BCUT2D eigenvalue weighted by atomic mass is 10.1.